The molecule has 1 atom stereocenters. The molecule has 1 N–H and O–H groups in total. The van der Waals surface area contributed by atoms with E-state index in [0.29, 0.717) is 43.2 Å². The molecule has 3 aromatic carbocycles. The summed E-state index contributed by atoms with van der Waals surface area (Å²) in [5.74, 6) is 1.44. The van der Waals surface area contributed by atoms with E-state index in [4.69, 9.17) is 9.47 Å². The number of nitrogens with one attached hydrogen (secondary N) is 1. The van der Waals surface area contributed by atoms with Gasteiger partial charge in [-0.15, -0.1) is 0 Å². The van der Waals surface area contributed by atoms with E-state index in [1.807, 2.05) is 44.2 Å². The number of aryl methyl sites for hydroxylation is 1. The number of hydrogen-bond acceptors (Lipinski definition) is 5. The van der Waals surface area contributed by atoms with Gasteiger partial charge < -0.3 is 14.8 Å². The van der Waals surface area contributed by atoms with Gasteiger partial charge in [0.05, 0.1) is 17.4 Å². The first kappa shape index (κ1) is 24.8. The molecular formula is C27H30N2O5S. The van der Waals surface area contributed by atoms with E-state index in [-0.39, 0.29) is 17.3 Å². The van der Waals surface area contributed by atoms with Crippen LogP contribution in [-0.4, -0.2) is 38.3 Å². The number of amides is 1. The molecule has 3 aromatic rings. The number of sulfonamides is 1. The highest BCUT2D eigenvalue weighted by Gasteiger charge is 2.33. The maximum atomic E-state index is 13.3. The fraction of sp³-hybridized carbons (Fsp3) is 0.296. The standard InChI is InChI=1S/C27H30N2O5S/c1-3-33-26-16-15-25(18-20(26)2)35(31,32)29-17-7-8-21(19-29)27(30)28-22-11-13-24(14-12-22)34-23-9-5-4-6-10-23/h4-6,9-16,18,21H,3,7-8,17,19H2,1-2H3,(H,28,30)/t21-/m0/s1. The molecule has 1 aliphatic heterocycles. The zero-order valence-electron chi connectivity index (χ0n) is 19.9. The van der Waals surface area contributed by atoms with E-state index < -0.39 is 15.9 Å². The minimum absolute atomic E-state index is 0.148. The zero-order valence-corrected chi connectivity index (χ0v) is 20.8. The molecule has 1 amide bonds. The zero-order chi connectivity index (χ0) is 24.8. The Morgan fingerprint density at radius 2 is 1.74 bits per heavy atom. The van der Waals surface area contributed by atoms with Crippen molar-refractivity contribution in [3.05, 3.63) is 78.4 Å². The number of ether oxygens (including phenoxy) is 2. The van der Waals surface area contributed by atoms with E-state index >= 15 is 0 Å². The molecule has 0 unspecified atom stereocenters. The van der Waals surface area contributed by atoms with E-state index in [1.165, 1.54) is 4.31 Å². The SMILES string of the molecule is CCOc1ccc(S(=O)(=O)N2CCC[C@H](C(=O)Nc3ccc(Oc4ccccc4)cc3)C2)cc1C. The van der Waals surface area contributed by atoms with Crippen LogP contribution in [0.25, 0.3) is 0 Å². The van der Waals surface area contributed by atoms with Crippen LogP contribution in [-0.2, 0) is 14.8 Å². The Morgan fingerprint density at radius 1 is 1.03 bits per heavy atom. The Labute approximate surface area is 206 Å². The maximum Gasteiger partial charge on any atom is 0.243 e. The third kappa shape index (κ3) is 6.01. The lowest BCUT2D eigenvalue weighted by Crippen LogP contribution is -2.43. The van der Waals surface area contributed by atoms with Crippen LogP contribution in [0.3, 0.4) is 0 Å². The van der Waals surface area contributed by atoms with Crippen molar-refractivity contribution in [3.8, 4) is 17.2 Å². The van der Waals surface area contributed by atoms with Gasteiger partial charge in [0.1, 0.15) is 17.2 Å². The predicted molar refractivity (Wildman–Crippen MR) is 135 cm³/mol. The second-order valence-corrected chi connectivity index (χ2v) is 10.4. The summed E-state index contributed by atoms with van der Waals surface area (Å²) in [4.78, 5) is 13.2. The average Bonchev–Trinajstić information content (AvgIpc) is 2.87. The molecule has 1 fully saturated rings. The van der Waals surface area contributed by atoms with Gasteiger partial charge in [-0.3, -0.25) is 4.79 Å². The number of para-hydroxylation sites is 1. The lowest BCUT2D eigenvalue weighted by molar-refractivity contribution is -0.120. The van der Waals surface area contributed by atoms with Gasteiger partial charge in [0.2, 0.25) is 15.9 Å². The molecule has 184 valence electrons. The van der Waals surface area contributed by atoms with Crippen molar-refractivity contribution in [2.75, 3.05) is 25.0 Å². The predicted octanol–water partition coefficient (Wildman–Crippen LogP) is 5.23. The maximum absolute atomic E-state index is 13.3. The fourth-order valence-electron chi connectivity index (χ4n) is 4.10. The van der Waals surface area contributed by atoms with Crippen molar-refractivity contribution in [3.63, 3.8) is 0 Å². The number of anilines is 1. The number of piperidine rings is 1. The summed E-state index contributed by atoms with van der Waals surface area (Å²) in [5, 5.41) is 2.91. The van der Waals surface area contributed by atoms with Crippen LogP contribution < -0.4 is 14.8 Å². The van der Waals surface area contributed by atoms with E-state index in [9.17, 15) is 13.2 Å². The lowest BCUT2D eigenvalue weighted by Gasteiger charge is -2.31. The average molecular weight is 495 g/mol. The van der Waals surface area contributed by atoms with Gasteiger partial charge in [-0.25, -0.2) is 8.42 Å². The van der Waals surface area contributed by atoms with Gasteiger partial charge in [0, 0.05) is 18.8 Å². The number of rotatable bonds is 8. The van der Waals surface area contributed by atoms with Crippen LogP contribution in [0.2, 0.25) is 0 Å². The molecule has 1 heterocycles. The lowest BCUT2D eigenvalue weighted by atomic mass is 9.99. The van der Waals surface area contributed by atoms with Crippen LogP contribution in [0.5, 0.6) is 17.2 Å². The summed E-state index contributed by atoms with van der Waals surface area (Å²) >= 11 is 0. The van der Waals surface area contributed by atoms with Crippen LogP contribution in [0.4, 0.5) is 5.69 Å². The van der Waals surface area contributed by atoms with Crippen molar-refractivity contribution in [2.24, 2.45) is 5.92 Å². The summed E-state index contributed by atoms with van der Waals surface area (Å²) in [6, 6.07) is 21.5. The van der Waals surface area contributed by atoms with Crippen molar-refractivity contribution < 1.29 is 22.7 Å². The fourth-order valence-corrected chi connectivity index (χ4v) is 5.71. The third-order valence-corrected chi connectivity index (χ3v) is 7.80. The minimum atomic E-state index is -3.71. The molecule has 0 aromatic heterocycles. The van der Waals surface area contributed by atoms with Gasteiger partial charge in [-0.1, -0.05) is 18.2 Å². The molecular weight excluding hydrogens is 464 g/mol. The molecule has 0 spiro atoms. The summed E-state index contributed by atoms with van der Waals surface area (Å²) in [7, 11) is -3.71. The highest BCUT2D eigenvalue weighted by Crippen LogP contribution is 2.28. The van der Waals surface area contributed by atoms with E-state index in [0.717, 1.165) is 11.3 Å². The monoisotopic (exact) mass is 494 g/mol. The Morgan fingerprint density at radius 3 is 2.43 bits per heavy atom. The topological polar surface area (TPSA) is 84.9 Å². The Kier molecular flexibility index (Phi) is 7.73. The Balaban J connectivity index is 1.39. The summed E-state index contributed by atoms with van der Waals surface area (Å²) < 4.78 is 39.2. The molecule has 35 heavy (non-hydrogen) atoms. The van der Waals surface area contributed by atoms with E-state index in [1.54, 1.807) is 42.5 Å². The molecule has 1 aliphatic rings. The van der Waals surface area contributed by atoms with Crippen LogP contribution >= 0.6 is 0 Å². The summed E-state index contributed by atoms with van der Waals surface area (Å²) in [5.41, 5.74) is 1.40. The number of carbonyl (C=O) groups is 1. The molecule has 0 saturated carbocycles. The van der Waals surface area contributed by atoms with Crippen molar-refractivity contribution >= 4 is 21.6 Å². The van der Waals surface area contributed by atoms with Crippen molar-refractivity contribution in [1.82, 2.24) is 4.31 Å². The largest absolute Gasteiger partial charge is 0.494 e. The molecule has 0 bridgehead atoms. The van der Waals surface area contributed by atoms with Crippen LogP contribution in [0.1, 0.15) is 25.3 Å². The van der Waals surface area contributed by atoms with Crippen molar-refractivity contribution in [1.29, 1.82) is 0 Å². The first-order chi connectivity index (χ1) is 16.9. The number of benzene rings is 3. The Bertz CT molecular complexity index is 1260. The number of nitrogens with zero attached hydrogens (tertiary/aromatic N) is 1. The first-order valence-corrected chi connectivity index (χ1v) is 13.2. The van der Waals surface area contributed by atoms with Gasteiger partial charge >= 0.3 is 0 Å². The molecule has 0 radical (unpaired) electrons. The smallest absolute Gasteiger partial charge is 0.243 e. The minimum Gasteiger partial charge on any atom is -0.494 e. The highest BCUT2D eigenvalue weighted by atomic mass is 32.2. The van der Waals surface area contributed by atoms with Gasteiger partial charge in [-0.2, -0.15) is 4.31 Å². The van der Waals surface area contributed by atoms with Gasteiger partial charge in [0.15, 0.2) is 0 Å². The second-order valence-electron chi connectivity index (χ2n) is 8.49. The highest BCUT2D eigenvalue weighted by molar-refractivity contribution is 7.89. The molecule has 0 aliphatic carbocycles. The molecule has 4 rings (SSSR count). The molecule has 7 nitrogen and oxygen atoms in total. The summed E-state index contributed by atoms with van der Waals surface area (Å²) in [6.45, 7) is 4.76. The first-order valence-electron chi connectivity index (χ1n) is 11.7. The van der Waals surface area contributed by atoms with Crippen LogP contribution in [0.15, 0.2) is 77.7 Å². The van der Waals surface area contributed by atoms with Gasteiger partial charge in [0.25, 0.3) is 0 Å². The van der Waals surface area contributed by atoms with Crippen LogP contribution in [0, 0.1) is 12.8 Å². The molecule has 1 saturated heterocycles. The normalized spacial score (nSPS) is 16.5. The van der Waals surface area contributed by atoms with E-state index in [2.05, 4.69) is 5.32 Å². The Hall–Kier alpha value is -3.36. The number of hydrogen-bond donors (Lipinski definition) is 1. The summed E-state index contributed by atoms with van der Waals surface area (Å²) in [6.07, 6.45) is 1.26. The molecule has 8 heteroatoms. The quantitative estimate of drug-likeness (QED) is 0.464. The second kappa shape index (κ2) is 10.9. The third-order valence-electron chi connectivity index (χ3n) is 5.94. The van der Waals surface area contributed by atoms with Gasteiger partial charge in [-0.05, 0) is 86.8 Å². The number of carbonyl (C=O) groups excluding carboxylic acids is 1. The van der Waals surface area contributed by atoms with Crippen molar-refractivity contribution in [2.45, 2.75) is 31.6 Å².